The molecule has 4 N–H and O–H groups in total. The Morgan fingerprint density at radius 3 is 2.38 bits per heavy atom. The number of benzene rings is 1. The highest BCUT2D eigenvalue weighted by Gasteiger charge is 2.46. The van der Waals surface area contributed by atoms with E-state index in [0.29, 0.717) is 22.7 Å². The first kappa shape index (κ1) is 28.1. The van der Waals surface area contributed by atoms with Crippen molar-refractivity contribution in [2.24, 2.45) is 0 Å². The Labute approximate surface area is 213 Å². The van der Waals surface area contributed by atoms with Crippen LogP contribution in [0.1, 0.15) is 34.1 Å². The highest BCUT2D eigenvalue weighted by Crippen LogP contribution is 2.34. The van der Waals surface area contributed by atoms with Crippen LogP contribution >= 0.6 is 11.5 Å². The summed E-state index contributed by atoms with van der Waals surface area (Å²) in [5, 5.41) is 33.0. The number of carbonyl (C=O) groups is 1. The van der Waals surface area contributed by atoms with Gasteiger partial charge in [-0.2, -0.15) is 17.5 Å². The van der Waals surface area contributed by atoms with E-state index in [0.717, 1.165) is 5.56 Å². The van der Waals surface area contributed by atoms with Crippen molar-refractivity contribution in [3.63, 3.8) is 0 Å². The van der Waals surface area contributed by atoms with E-state index in [1.165, 1.54) is 24.1 Å². The van der Waals surface area contributed by atoms with Crippen molar-refractivity contribution in [3.05, 3.63) is 30.7 Å². The molecular weight excluding hydrogens is 518 g/mol. The number of hydrogen-bond acceptors (Lipinski definition) is 10. The van der Waals surface area contributed by atoms with E-state index in [2.05, 4.69) is 35.2 Å². The van der Waals surface area contributed by atoms with Gasteiger partial charge in [-0.3, -0.25) is 0 Å². The number of nitrogens with zero attached hydrogens (tertiary/aromatic N) is 5. The molecule has 0 aliphatic carbocycles. The van der Waals surface area contributed by atoms with E-state index in [1.807, 2.05) is 33.8 Å². The van der Waals surface area contributed by atoms with Gasteiger partial charge in [0.2, 0.25) is 5.95 Å². The first-order chi connectivity index (χ1) is 17.1. The molecule has 3 aromatic rings. The second-order valence-electron chi connectivity index (χ2n) is 9.54. The van der Waals surface area contributed by atoms with Crippen molar-refractivity contribution >= 4 is 23.5 Å². The molecule has 15 heteroatoms. The lowest BCUT2D eigenvalue weighted by Gasteiger charge is -2.48. The fourth-order valence-electron chi connectivity index (χ4n) is 4.08. The van der Waals surface area contributed by atoms with Crippen LogP contribution in [0, 0.1) is 0 Å². The molecule has 0 unspecified atom stereocenters. The zero-order chi connectivity index (χ0) is 27.6. The monoisotopic (exact) mass is 543 g/mol. The second-order valence-corrected chi connectivity index (χ2v) is 10.3. The number of nitrogens with one attached hydrogen (secondary N) is 2. The van der Waals surface area contributed by atoms with Crippen LogP contribution < -0.4 is 10.6 Å². The predicted molar refractivity (Wildman–Crippen MR) is 128 cm³/mol. The van der Waals surface area contributed by atoms with E-state index in [9.17, 15) is 22.7 Å². The van der Waals surface area contributed by atoms with Crippen LogP contribution in [-0.2, 0) is 4.79 Å². The summed E-state index contributed by atoms with van der Waals surface area (Å²) in [5.74, 6) is -2.46. The average molecular weight is 544 g/mol. The van der Waals surface area contributed by atoms with Gasteiger partial charge in [0.05, 0.1) is 12.2 Å². The van der Waals surface area contributed by atoms with Crippen LogP contribution in [0.15, 0.2) is 30.7 Å². The number of alkyl halides is 4. The average Bonchev–Trinajstić information content (AvgIpc) is 3.32. The van der Waals surface area contributed by atoms with Crippen LogP contribution in [0.3, 0.4) is 0 Å². The van der Waals surface area contributed by atoms with Crippen molar-refractivity contribution in [2.75, 3.05) is 5.32 Å². The summed E-state index contributed by atoms with van der Waals surface area (Å²) in [6, 6.07) is 4.73. The van der Waals surface area contributed by atoms with Crippen molar-refractivity contribution < 1.29 is 32.6 Å². The molecule has 4 rings (SSSR count). The number of carboxylic acid groups (broad SMARTS) is 1. The van der Waals surface area contributed by atoms with E-state index >= 15 is 0 Å². The molecule has 1 aliphatic heterocycles. The Bertz CT molecular complexity index is 1220. The number of aromatic nitrogens is 5. The van der Waals surface area contributed by atoms with Crippen molar-refractivity contribution in [2.45, 2.75) is 63.6 Å². The molecule has 10 nitrogen and oxygen atoms in total. The van der Waals surface area contributed by atoms with Gasteiger partial charge < -0.3 is 20.8 Å². The van der Waals surface area contributed by atoms with E-state index in [1.54, 1.807) is 12.1 Å². The van der Waals surface area contributed by atoms with Gasteiger partial charge in [-0.15, -0.1) is 10.2 Å². The zero-order valence-electron chi connectivity index (χ0n) is 20.2. The molecule has 3 heterocycles. The standard InChI is InChI=1S/C20H24FN7OS.C2HF3O2/c1-19(2)8-13(16(21)20(3,4)28-19)25-18-22-9-14(26-27-18)12-6-5-11(7-15(12)29)17-23-10-24-30-17;3-2(4,5)1(6)7/h5-7,9-10,13,16,28-29H,8H2,1-4H3,(H,22,25,27);(H,6,7)/t13-,16-;/m0./s1. The summed E-state index contributed by atoms with van der Waals surface area (Å²) in [6.45, 7) is 7.80. The highest BCUT2D eigenvalue weighted by atomic mass is 32.1. The van der Waals surface area contributed by atoms with E-state index in [4.69, 9.17) is 9.90 Å². The lowest BCUT2D eigenvalue weighted by Crippen LogP contribution is -2.67. The van der Waals surface area contributed by atoms with Gasteiger partial charge in [0.1, 0.15) is 29.0 Å². The Hall–Kier alpha value is -3.46. The smallest absolute Gasteiger partial charge is 0.490 e. The number of aliphatic carboxylic acids is 1. The second kappa shape index (κ2) is 10.5. The SMILES string of the molecule is CC1(C)C[C@H](Nc2ncc(-c3ccc(-c4ncns4)cc3O)nn2)[C@H](F)C(C)(C)N1.O=C(O)C(F)(F)F. The third-order valence-corrected chi connectivity index (χ3v) is 6.15. The summed E-state index contributed by atoms with van der Waals surface area (Å²) < 4.78 is 50.7. The molecule has 1 aromatic carbocycles. The number of carboxylic acids is 1. The topological polar surface area (TPSA) is 146 Å². The lowest BCUT2D eigenvalue weighted by molar-refractivity contribution is -0.192. The van der Waals surface area contributed by atoms with Gasteiger partial charge in [0.25, 0.3) is 0 Å². The van der Waals surface area contributed by atoms with Crippen molar-refractivity contribution in [1.29, 1.82) is 0 Å². The molecule has 1 saturated heterocycles. The molecule has 2 atom stereocenters. The van der Waals surface area contributed by atoms with Gasteiger partial charge in [0.15, 0.2) is 0 Å². The van der Waals surface area contributed by atoms with Crippen molar-refractivity contribution in [3.8, 4) is 27.6 Å². The minimum Gasteiger partial charge on any atom is -0.507 e. The summed E-state index contributed by atoms with van der Waals surface area (Å²) in [5.41, 5.74) is 0.792. The third kappa shape index (κ3) is 7.07. The minimum atomic E-state index is -5.08. The molecule has 0 radical (unpaired) electrons. The van der Waals surface area contributed by atoms with Gasteiger partial charge in [-0.05, 0) is 57.8 Å². The summed E-state index contributed by atoms with van der Waals surface area (Å²) in [6.07, 6.45) is -2.64. The minimum absolute atomic E-state index is 0.0465. The Morgan fingerprint density at radius 2 is 1.86 bits per heavy atom. The Kier molecular flexibility index (Phi) is 7.97. The van der Waals surface area contributed by atoms with Crippen LogP contribution in [-0.4, -0.2) is 70.2 Å². The number of hydrogen-bond donors (Lipinski definition) is 4. The molecule has 0 bridgehead atoms. The van der Waals surface area contributed by atoms with Crippen molar-refractivity contribution in [1.82, 2.24) is 29.9 Å². The Morgan fingerprint density at radius 1 is 1.19 bits per heavy atom. The quantitative estimate of drug-likeness (QED) is 0.355. The molecule has 37 heavy (non-hydrogen) atoms. The Balaban J connectivity index is 0.000000479. The van der Waals surface area contributed by atoms with Crippen LogP contribution in [0.4, 0.5) is 23.5 Å². The normalized spacial score (nSPS) is 20.4. The number of phenolic OH excluding ortho intramolecular Hbond substituents is 1. The lowest BCUT2D eigenvalue weighted by atomic mass is 9.78. The number of halogens is 4. The number of anilines is 1. The maximum Gasteiger partial charge on any atom is 0.490 e. The fraction of sp³-hybridized carbons (Fsp3) is 0.455. The first-order valence-electron chi connectivity index (χ1n) is 10.9. The molecule has 0 saturated carbocycles. The summed E-state index contributed by atoms with van der Waals surface area (Å²) in [4.78, 5) is 17.3. The number of phenols is 1. The molecule has 2 aromatic heterocycles. The molecular formula is C22H25F4N7O3S. The molecule has 0 amide bonds. The zero-order valence-corrected chi connectivity index (χ0v) is 21.0. The molecule has 200 valence electrons. The van der Waals surface area contributed by atoms with E-state index < -0.39 is 29.9 Å². The van der Waals surface area contributed by atoms with Gasteiger partial charge in [-0.25, -0.2) is 19.2 Å². The molecule has 0 spiro atoms. The van der Waals surface area contributed by atoms with Gasteiger partial charge >= 0.3 is 12.1 Å². The first-order valence-corrected chi connectivity index (χ1v) is 11.7. The van der Waals surface area contributed by atoms with Crippen LogP contribution in [0.25, 0.3) is 21.8 Å². The molecule has 1 aliphatic rings. The van der Waals surface area contributed by atoms with Gasteiger partial charge in [-0.1, -0.05) is 6.07 Å². The largest absolute Gasteiger partial charge is 0.507 e. The fourth-order valence-corrected chi connectivity index (χ4v) is 4.61. The number of aromatic hydroxyl groups is 1. The van der Waals surface area contributed by atoms with Crippen LogP contribution in [0.2, 0.25) is 0 Å². The predicted octanol–water partition coefficient (Wildman–Crippen LogP) is 4.07. The molecule has 1 fully saturated rings. The maximum atomic E-state index is 15.0. The third-order valence-electron chi connectivity index (χ3n) is 5.43. The van der Waals surface area contributed by atoms with E-state index in [-0.39, 0.29) is 17.2 Å². The maximum absolute atomic E-state index is 15.0. The van der Waals surface area contributed by atoms with Crippen LogP contribution in [0.5, 0.6) is 5.75 Å². The van der Waals surface area contributed by atoms with Gasteiger partial charge in [0, 0.05) is 22.2 Å². The highest BCUT2D eigenvalue weighted by molar-refractivity contribution is 7.09. The number of rotatable bonds is 4. The number of piperidine rings is 1. The summed E-state index contributed by atoms with van der Waals surface area (Å²) >= 11 is 1.25. The summed E-state index contributed by atoms with van der Waals surface area (Å²) in [7, 11) is 0.